The summed E-state index contributed by atoms with van der Waals surface area (Å²) in [6.07, 6.45) is 3.72. The second-order valence-electron chi connectivity index (χ2n) is 8.82. The molecular formula is C28H31ClN2O3. The molecule has 6 heteroatoms. The molecule has 0 saturated carbocycles. The van der Waals surface area contributed by atoms with Gasteiger partial charge < -0.3 is 14.2 Å². The van der Waals surface area contributed by atoms with Gasteiger partial charge >= 0.3 is 5.97 Å². The number of alkyl halides is 1. The summed E-state index contributed by atoms with van der Waals surface area (Å²) in [5.41, 5.74) is 5.46. The molecular weight excluding hydrogens is 448 g/mol. The number of halogens is 1. The highest BCUT2D eigenvalue weighted by atomic mass is 35.5. The van der Waals surface area contributed by atoms with Crippen LogP contribution in [-0.2, 0) is 34.3 Å². The molecule has 3 aromatic rings. The van der Waals surface area contributed by atoms with Crippen molar-refractivity contribution >= 4 is 34.4 Å². The van der Waals surface area contributed by atoms with Crippen LogP contribution in [0.5, 0.6) is 0 Å². The standard InChI is InChI=1S/C28H31ClN2O3/c1-4-20(18-31(25(32)16-29)17-19-10-6-5-7-11-19)21-14-15-24-26(27(21)28(33)34-3)22-12-8-9-13-23(22)30(24)2/h4-13,21,27H,14-18H2,1-3H3/b20-4-/t21-,27-/m1/s1. The number of carbonyl (C=O) groups is 2. The zero-order chi connectivity index (χ0) is 24.2. The van der Waals surface area contributed by atoms with Crippen molar-refractivity contribution in [2.75, 3.05) is 19.5 Å². The van der Waals surface area contributed by atoms with Crippen LogP contribution in [0.1, 0.15) is 36.1 Å². The van der Waals surface area contributed by atoms with E-state index in [4.69, 9.17) is 16.3 Å². The van der Waals surface area contributed by atoms with Gasteiger partial charge in [0.2, 0.25) is 5.91 Å². The Hall–Kier alpha value is -3.05. The van der Waals surface area contributed by atoms with Gasteiger partial charge in [-0.25, -0.2) is 0 Å². The van der Waals surface area contributed by atoms with Crippen LogP contribution < -0.4 is 0 Å². The minimum Gasteiger partial charge on any atom is -0.469 e. The average Bonchev–Trinajstić information content (AvgIpc) is 3.17. The number of methoxy groups -OCH3 is 1. The van der Waals surface area contributed by atoms with E-state index in [1.807, 2.05) is 49.4 Å². The lowest BCUT2D eigenvalue weighted by molar-refractivity contribution is -0.143. The third-order valence-electron chi connectivity index (χ3n) is 7.04. The van der Waals surface area contributed by atoms with Crippen LogP contribution in [0.25, 0.3) is 10.9 Å². The maximum absolute atomic E-state index is 13.2. The molecule has 1 aromatic heterocycles. The largest absolute Gasteiger partial charge is 0.469 e. The Labute approximate surface area is 206 Å². The summed E-state index contributed by atoms with van der Waals surface area (Å²) in [6, 6.07) is 18.1. The van der Waals surface area contributed by atoms with Crippen molar-refractivity contribution in [3.63, 3.8) is 0 Å². The zero-order valence-corrected chi connectivity index (χ0v) is 20.7. The lowest BCUT2D eigenvalue weighted by Gasteiger charge is -2.35. The highest BCUT2D eigenvalue weighted by molar-refractivity contribution is 6.27. The molecule has 2 atom stereocenters. The van der Waals surface area contributed by atoms with E-state index in [2.05, 4.69) is 29.8 Å². The predicted molar refractivity (Wildman–Crippen MR) is 136 cm³/mol. The van der Waals surface area contributed by atoms with Gasteiger partial charge in [0, 0.05) is 36.7 Å². The van der Waals surface area contributed by atoms with Crippen LogP contribution in [0.4, 0.5) is 0 Å². The topological polar surface area (TPSA) is 51.5 Å². The second-order valence-corrected chi connectivity index (χ2v) is 9.08. The van der Waals surface area contributed by atoms with Gasteiger partial charge in [-0.05, 0) is 42.9 Å². The minimum absolute atomic E-state index is 0.0582. The zero-order valence-electron chi connectivity index (χ0n) is 20.0. The molecule has 0 saturated heterocycles. The molecule has 2 aromatic carbocycles. The highest BCUT2D eigenvalue weighted by Gasteiger charge is 2.40. The van der Waals surface area contributed by atoms with Crippen molar-refractivity contribution in [3.05, 3.63) is 83.1 Å². The van der Waals surface area contributed by atoms with Gasteiger partial charge in [0.1, 0.15) is 5.88 Å². The van der Waals surface area contributed by atoms with Crippen LogP contribution in [0.2, 0.25) is 0 Å². The maximum atomic E-state index is 13.2. The minimum atomic E-state index is -0.421. The van der Waals surface area contributed by atoms with Crippen LogP contribution in [0, 0.1) is 5.92 Å². The van der Waals surface area contributed by atoms with Gasteiger partial charge in [-0.15, -0.1) is 11.6 Å². The Balaban J connectivity index is 1.72. The number of allylic oxidation sites excluding steroid dienone is 1. The molecule has 0 unspecified atom stereocenters. The van der Waals surface area contributed by atoms with Crippen molar-refractivity contribution < 1.29 is 14.3 Å². The summed E-state index contributed by atoms with van der Waals surface area (Å²) in [5.74, 6) is -0.920. The van der Waals surface area contributed by atoms with Gasteiger partial charge in [-0.2, -0.15) is 0 Å². The first-order valence-electron chi connectivity index (χ1n) is 11.7. The molecule has 0 radical (unpaired) electrons. The molecule has 1 heterocycles. The quantitative estimate of drug-likeness (QED) is 0.266. The Morgan fingerprint density at radius 2 is 1.85 bits per heavy atom. The number of esters is 1. The Morgan fingerprint density at radius 3 is 2.53 bits per heavy atom. The highest BCUT2D eigenvalue weighted by Crippen LogP contribution is 2.45. The number of ether oxygens (including phenoxy) is 1. The van der Waals surface area contributed by atoms with Crippen molar-refractivity contribution in [1.82, 2.24) is 9.47 Å². The van der Waals surface area contributed by atoms with E-state index in [0.29, 0.717) is 13.1 Å². The molecule has 178 valence electrons. The first-order chi connectivity index (χ1) is 16.5. The second kappa shape index (κ2) is 10.5. The van der Waals surface area contributed by atoms with E-state index >= 15 is 0 Å². The number of amides is 1. The lowest BCUT2D eigenvalue weighted by Crippen LogP contribution is -2.37. The molecule has 0 bridgehead atoms. The molecule has 1 aliphatic carbocycles. The first-order valence-corrected chi connectivity index (χ1v) is 12.2. The van der Waals surface area contributed by atoms with Gasteiger partial charge in [0.15, 0.2) is 0 Å². The number of nitrogens with zero attached hydrogens (tertiary/aromatic N) is 2. The van der Waals surface area contributed by atoms with Gasteiger partial charge in [-0.3, -0.25) is 9.59 Å². The third-order valence-corrected chi connectivity index (χ3v) is 7.26. The molecule has 0 spiro atoms. The summed E-state index contributed by atoms with van der Waals surface area (Å²) >= 11 is 5.97. The van der Waals surface area contributed by atoms with E-state index in [1.165, 1.54) is 12.8 Å². The van der Waals surface area contributed by atoms with Crippen molar-refractivity contribution in [2.45, 2.75) is 32.2 Å². The molecule has 4 rings (SSSR count). The van der Waals surface area contributed by atoms with Crippen molar-refractivity contribution in [1.29, 1.82) is 0 Å². The lowest BCUT2D eigenvalue weighted by atomic mass is 9.72. The fourth-order valence-electron chi connectivity index (χ4n) is 5.36. The monoisotopic (exact) mass is 478 g/mol. The van der Waals surface area contributed by atoms with E-state index in [0.717, 1.165) is 40.4 Å². The number of hydrogen-bond acceptors (Lipinski definition) is 3. The number of para-hydroxylation sites is 1. The SMILES string of the molecule is C/C=C(/CN(Cc1ccccc1)C(=O)CCl)[C@H]1CCc2c(c3ccccc3n2C)[C@@H]1C(=O)OC. The molecule has 0 N–H and O–H groups in total. The predicted octanol–water partition coefficient (Wildman–Crippen LogP) is 5.21. The molecule has 0 fully saturated rings. The summed E-state index contributed by atoms with van der Waals surface area (Å²) in [6.45, 7) is 2.88. The Morgan fingerprint density at radius 1 is 1.15 bits per heavy atom. The van der Waals surface area contributed by atoms with E-state index < -0.39 is 5.92 Å². The van der Waals surface area contributed by atoms with Gasteiger partial charge in [0.25, 0.3) is 0 Å². The Kier molecular flexibility index (Phi) is 7.42. The van der Waals surface area contributed by atoms with Crippen molar-refractivity contribution in [3.8, 4) is 0 Å². The molecule has 34 heavy (non-hydrogen) atoms. The van der Waals surface area contributed by atoms with Crippen molar-refractivity contribution in [2.24, 2.45) is 13.0 Å². The fraction of sp³-hybridized carbons (Fsp3) is 0.357. The number of hydrogen-bond donors (Lipinski definition) is 0. The van der Waals surface area contributed by atoms with Crippen LogP contribution in [-0.4, -0.2) is 40.9 Å². The Bertz CT molecular complexity index is 1220. The van der Waals surface area contributed by atoms with Crippen LogP contribution in [0.15, 0.2) is 66.2 Å². The number of benzene rings is 2. The summed E-state index contributed by atoms with van der Waals surface area (Å²) in [5, 5.41) is 1.09. The smallest absolute Gasteiger partial charge is 0.313 e. The van der Waals surface area contributed by atoms with E-state index in [9.17, 15) is 9.59 Å². The van der Waals surface area contributed by atoms with Gasteiger partial charge in [0.05, 0.1) is 13.0 Å². The van der Waals surface area contributed by atoms with Crippen LogP contribution in [0.3, 0.4) is 0 Å². The molecule has 0 aliphatic heterocycles. The number of rotatable bonds is 7. The summed E-state index contributed by atoms with van der Waals surface area (Å²) < 4.78 is 7.52. The van der Waals surface area contributed by atoms with E-state index in [1.54, 1.807) is 4.90 Å². The average molecular weight is 479 g/mol. The summed E-state index contributed by atoms with van der Waals surface area (Å²) in [7, 11) is 3.51. The summed E-state index contributed by atoms with van der Waals surface area (Å²) in [4.78, 5) is 27.8. The fourth-order valence-corrected chi connectivity index (χ4v) is 5.53. The van der Waals surface area contributed by atoms with E-state index in [-0.39, 0.29) is 23.7 Å². The normalized spacial score (nSPS) is 17.9. The van der Waals surface area contributed by atoms with Crippen LogP contribution >= 0.6 is 11.6 Å². The van der Waals surface area contributed by atoms with Gasteiger partial charge in [-0.1, -0.05) is 60.2 Å². The maximum Gasteiger partial charge on any atom is 0.313 e. The molecule has 5 nitrogen and oxygen atoms in total. The third kappa shape index (κ3) is 4.49. The first kappa shape index (κ1) is 24.1. The molecule has 1 amide bonds. The number of aryl methyl sites for hydroxylation is 1. The number of carbonyl (C=O) groups excluding carboxylic acids is 2. The number of aromatic nitrogens is 1. The number of fused-ring (bicyclic) bond motifs is 3. The molecule has 1 aliphatic rings.